The summed E-state index contributed by atoms with van der Waals surface area (Å²) in [5, 5.41) is 4.89. The van der Waals surface area contributed by atoms with Crippen LogP contribution in [0.15, 0.2) is 43.0 Å². The minimum absolute atomic E-state index is 0.185. The summed E-state index contributed by atoms with van der Waals surface area (Å²) < 4.78 is 29.0. The second kappa shape index (κ2) is 9.30. The normalized spacial score (nSPS) is 16.8. The van der Waals surface area contributed by atoms with E-state index in [1.54, 1.807) is 24.8 Å². The monoisotopic (exact) mass is 518 g/mol. The lowest BCUT2D eigenvalue weighted by atomic mass is 10.0. The van der Waals surface area contributed by atoms with Crippen LogP contribution in [0.4, 0.5) is 20.5 Å². The number of nitrogens with two attached hydrogens (primary N) is 1. The maximum absolute atomic E-state index is 13.5. The number of aromatic nitrogens is 5. The molecule has 0 radical (unpaired) electrons. The molecule has 3 N–H and O–H groups in total. The summed E-state index contributed by atoms with van der Waals surface area (Å²) >= 11 is 0. The predicted molar refractivity (Wildman–Crippen MR) is 139 cm³/mol. The Morgan fingerprint density at radius 2 is 1.95 bits per heavy atom. The molecule has 11 heteroatoms. The number of fused-ring (bicyclic) bond motifs is 1. The Balaban J connectivity index is 1.15. The Labute approximate surface area is 218 Å². The summed E-state index contributed by atoms with van der Waals surface area (Å²) in [7, 11) is 0. The number of nitrogens with zero attached hydrogens (tertiary/aromatic N) is 6. The van der Waals surface area contributed by atoms with E-state index >= 15 is 0 Å². The van der Waals surface area contributed by atoms with Crippen molar-refractivity contribution in [3.8, 4) is 0 Å². The van der Waals surface area contributed by atoms with Gasteiger partial charge in [0, 0.05) is 61.2 Å². The van der Waals surface area contributed by atoms with Crippen molar-refractivity contribution in [3.05, 3.63) is 71.2 Å². The molecule has 1 aliphatic carbocycles. The van der Waals surface area contributed by atoms with Gasteiger partial charge in [-0.1, -0.05) is 12.1 Å². The summed E-state index contributed by atoms with van der Waals surface area (Å²) in [6, 6.07) is 5.80. The van der Waals surface area contributed by atoms with Crippen LogP contribution in [0.2, 0.25) is 0 Å². The summed E-state index contributed by atoms with van der Waals surface area (Å²) in [5.41, 5.74) is 9.20. The van der Waals surface area contributed by atoms with Gasteiger partial charge in [0.15, 0.2) is 0 Å². The topological polar surface area (TPSA) is 115 Å². The van der Waals surface area contributed by atoms with Crippen molar-refractivity contribution in [1.82, 2.24) is 29.8 Å². The number of hydrogen-bond acceptors (Lipinski definition) is 7. The van der Waals surface area contributed by atoms with Gasteiger partial charge in [-0.25, -0.2) is 28.7 Å². The van der Waals surface area contributed by atoms with Gasteiger partial charge in [-0.3, -0.25) is 4.79 Å². The zero-order valence-electron chi connectivity index (χ0n) is 21.0. The molecule has 4 aromatic rings. The second-order valence-electron chi connectivity index (χ2n) is 10.1. The number of amides is 1. The van der Waals surface area contributed by atoms with E-state index < -0.39 is 5.92 Å². The quantitative estimate of drug-likeness (QED) is 0.382. The largest absolute Gasteiger partial charge is 0.383 e. The molecule has 1 aromatic carbocycles. The van der Waals surface area contributed by atoms with Crippen LogP contribution in [0.5, 0.6) is 0 Å². The molecule has 0 atom stereocenters. The van der Waals surface area contributed by atoms with E-state index in [9.17, 15) is 13.6 Å². The lowest BCUT2D eigenvalue weighted by Crippen LogP contribution is -2.26. The summed E-state index contributed by atoms with van der Waals surface area (Å²) in [6.45, 7) is 2.69. The minimum Gasteiger partial charge on any atom is -0.383 e. The number of nitrogen functional groups attached to an aromatic ring is 1. The zero-order valence-corrected chi connectivity index (χ0v) is 21.0. The molecule has 0 spiro atoms. The Morgan fingerprint density at radius 1 is 1.16 bits per heavy atom. The number of benzene rings is 1. The number of pyridine rings is 1. The highest BCUT2D eigenvalue weighted by Crippen LogP contribution is 2.39. The van der Waals surface area contributed by atoms with Crippen LogP contribution in [0, 0.1) is 6.92 Å². The molecule has 3 aromatic heterocycles. The molecule has 1 amide bonds. The molecule has 6 rings (SSSR count). The highest BCUT2D eigenvalue weighted by atomic mass is 19.3. The fourth-order valence-corrected chi connectivity index (χ4v) is 4.96. The van der Waals surface area contributed by atoms with Gasteiger partial charge in [0.05, 0.1) is 13.1 Å². The summed E-state index contributed by atoms with van der Waals surface area (Å²) in [5.74, 6) is -0.971. The molecule has 2 fully saturated rings. The Bertz CT molecular complexity index is 1510. The molecule has 2 aliphatic rings. The Kier molecular flexibility index (Phi) is 5.93. The third-order valence-corrected chi connectivity index (χ3v) is 7.28. The van der Waals surface area contributed by atoms with Crippen LogP contribution in [0.25, 0.3) is 10.8 Å². The summed E-state index contributed by atoms with van der Waals surface area (Å²) in [6.07, 6.45) is 8.63. The van der Waals surface area contributed by atoms with Gasteiger partial charge in [-0.2, -0.15) is 0 Å². The lowest BCUT2D eigenvalue weighted by Gasteiger charge is -2.16. The number of halogens is 2. The first-order valence-corrected chi connectivity index (χ1v) is 12.7. The van der Waals surface area contributed by atoms with E-state index in [2.05, 4.69) is 25.3 Å². The molecule has 0 unspecified atom stereocenters. The maximum atomic E-state index is 13.5. The number of alkyl halides is 2. The van der Waals surface area contributed by atoms with Crippen molar-refractivity contribution in [2.45, 2.75) is 51.1 Å². The van der Waals surface area contributed by atoms with Crippen molar-refractivity contribution in [2.24, 2.45) is 0 Å². The van der Waals surface area contributed by atoms with Crippen molar-refractivity contribution >= 4 is 28.4 Å². The number of anilines is 2. The molecule has 0 bridgehead atoms. The number of carbonyl (C=O) groups is 1. The number of imidazole rings is 1. The molecule has 4 heterocycles. The van der Waals surface area contributed by atoms with E-state index in [0.717, 1.165) is 46.1 Å². The molecule has 38 heavy (non-hydrogen) atoms. The number of rotatable bonds is 7. The van der Waals surface area contributed by atoms with Gasteiger partial charge in [-0.05, 0) is 42.3 Å². The van der Waals surface area contributed by atoms with Crippen molar-refractivity contribution in [2.75, 3.05) is 23.7 Å². The van der Waals surface area contributed by atoms with Gasteiger partial charge in [0.2, 0.25) is 5.95 Å². The highest BCUT2D eigenvalue weighted by molar-refractivity contribution is 5.94. The molecular formula is C27H28F2N8O. The van der Waals surface area contributed by atoms with Gasteiger partial charge >= 0.3 is 0 Å². The van der Waals surface area contributed by atoms with Crippen LogP contribution in [-0.4, -0.2) is 49.4 Å². The van der Waals surface area contributed by atoms with E-state index in [-0.39, 0.29) is 25.4 Å². The third-order valence-electron chi connectivity index (χ3n) is 7.28. The van der Waals surface area contributed by atoms with Crippen LogP contribution in [0.1, 0.15) is 58.2 Å². The van der Waals surface area contributed by atoms with Crippen LogP contribution < -0.4 is 16.0 Å². The Hall–Kier alpha value is -4.15. The number of hydrogen-bond donors (Lipinski definition) is 2. The van der Waals surface area contributed by atoms with Crippen molar-refractivity contribution < 1.29 is 13.6 Å². The van der Waals surface area contributed by atoms with Crippen molar-refractivity contribution in [3.63, 3.8) is 0 Å². The highest BCUT2D eigenvalue weighted by Gasteiger charge is 2.39. The Morgan fingerprint density at radius 3 is 2.66 bits per heavy atom. The number of aryl methyl sites for hydroxylation is 1. The van der Waals surface area contributed by atoms with Crippen LogP contribution >= 0.6 is 0 Å². The van der Waals surface area contributed by atoms with Gasteiger partial charge in [-0.15, -0.1) is 0 Å². The van der Waals surface area contributed by atoms with E-state index in [4.69, 9.17) is 5.73 Å². The first-order chi connectivity index (χ1) is 18.3. The zero-order chi connectivity index (χ0) is 26.4. The fourth-order valence-electron chi connectivity index (χ4n) is 4.96. The summed E-state index contributed by atoms with van der Waals surface area (Å²) in [4.78, 5) is 32.0. The molecule has 1 saturated heterocycles. The standard InChI is InChI=1S/C27H28F2N8O/c1-16-19(4-5-21-20(16)6-8-31-23(21)30)12-32-25(38)22-14-37(24(35-22)18-2-3-18)13-17-10-33-26(34-11-17)36-9-7-27(28,29)15-36/h4-6,8,10-11,14,18H,2-3,7,9,12-13,15H2,1H3,(H2,30,31)(H,32,38). The molecule has 9 nitrogen and oxygen atoms in total. The first-order valence-electron chi connectivity index (χ1n) is 12.7. The fraction of sp³-hybridized carbons (Fsp3) is 0.370. The van der Waals surface area contributed by atoms with Crippen LogP contribution in [-0.2, 0) is 13.1 Å². The third kappa shape index (κ3) is 4.75. The molecule has 196 valence electrons. The van der Waals surface area contributed by atoms with Gasteiger partial charge < -0.3 is 20.5 Å². The van der Waals surface area contributed by atoms with E-state index in [1.807, 2.05) is 29.7 Å². The SMILES string of the molecule is Cc1c(CNC(=O)c2cn(Cc3cnc(N4CCC(F)(F)C4)nc3)c(C3CC3)n2)ccc2c(N)nccc12. The maximum Gasteiger partial charge on any atom is 0.271 e. The lowest BCUT2D eigenvalue weighted by molar-refractivity contribution is 0.0256. The van der Waals surface area contributed by atoms with E-state index in [1.165, 1.54) is 4.90 Å². The van der Waals surface area contributed by atoms with Gasteiger partial charge in [0.25, 0.3) is 11.8 Å². The molecule has 1 aliphatic heterocycles. The van der Waals surface area contributed by atoms with Crippen molar-refractivity contribution in [1.29, 1.82) is 0 Å². The van der Waals surface area contributed by atoms with E-state index in [0.29, 0.717) is 36.5 Å². The minimum atomic E-state index is -2.70. The smallest absolute Gasteiger partial charge is 0.271 e. The van der Waals surface area contributed by atoms with Gasteiger partial charge in [0.1, 0.15) is 17.3 Å². The first kappa shape index (κ1) is 24.2. The second-order valence-corrected chi connectivity index (χ2v) is 10.1. The average molecular weight is 519 g/mol. The molecule has 1 saturated carbocycles. The van der Waals surface area contributed by atoms with Crippen LogP contribution in [0.3, 0.4) is 0 Å². The predicted octanol–water partition coefficient (Wildman–Crippen LogP) is 3.81. The average Bonchev–Trinajstić information content (AvgIpc) is 3.56. The number of nitrogens with one attached hydrogen (secondary N) is 1. The number of carbonyl (C=O) groups excluding carboxylic acids is 1. The molecular weight excluding hydrogens is 490 g/mol.